The van der Waals surface area contributed by atoms with E-state index in [1.54, 1.807) is 12.1 Å². The molecule has 4 unspecified atom stereocenters. The van der Waals surface area contributed by atoms with E-state index in [0.717, 1.165) is 0 Å². The Hall–Kier alpha value is -3.36. The Labute approximate surface area is 193 Å². The van der Waals surface area contributed by atoms with Crippen LogP contribution < -0.4 is 21.7 Å². The van der Waals surface area contributed by atoms with Crippen LogP contribution in [0.5, 0.6) is 5.75 Å². The number of hydrogen-bond donors (Lipinski definition) is 9. The number of thiol groups is 1. The number of aromatic hydroxyl groups is 1. The number of phenols is 1. The summed E-state index contributed by atoms with van der Waals surface area (Å²) < 4.78 is 0. The van der Waals surface area contributed by atoms with Gasteiger partial charge in [0.05, 0.1) is 19.1 Å². The predicted octanol–water partition coefficient (Wildman–Crippen LogP) is -2.80. The van der Waals surface area contributed by atoms with Crippen molar-refractivity contribution in [2.45, 2.75) is 37.0 Å². The summed E-state index contributed by atoms with van der Waals surface area (Å²) in [5, 5.41) is 42.6. The number of amides is 3. The van der Waals surface area contributed by atoms with Gasteiger partial charge in [-0.2, -0.15) is 12.6 Å². The second kappa shape index (κ2) is 13.2. The molecule has 9 N–H and O–H groups in total. The lowest BCUT2D eigenvalue weighted by molar-refractivity contribution is -0.144. The van der Waals surface area contributed by atoms with E-state index in [4.69, 9.17) is 21.1 Å². The highest BCUT2D eigenvalue weighted by Crippen LogP contribution is 2.11. The quantitative estimate of drug-likeness (QED) is 0.130. The number of phenolic OH excluding ortho intramolecular Hbond substituents is 1. The Bertz CT molecular complexity index is 865. The number of carboxylic acids is 2. The van der Waals surface area contributed by atoms with Crippen LogP contribution in [0.15, 0.2) is 24.3 Å². The first-order chi connectivity index (χ1) is 15.5. The molecule has 1 aromatic carbocycles. The van der Waals surface area contributed by atoms with E-state index in [9.17, 15) is 29.1 Å². The van der Waals surface area contributed by atoms with Gasteiger partial charge in [-0.3, -0.25) is 19.2 Å². The third kappa shape index (κ3) is 9.34. The minimum atomic E-state index is -1.70. The molecule has 0 saturated carbocycles. The number of hydrogen-bond acceptors (Lipinski definition) is 9. The highest BCUT2D eigenvalue weighted by Gasteiger charge is 2.31. The van der Waals surface area contributed by atoms with Crippen molar-refractivity contribution in [3.63, 3.8) is 0 Å². The molecule has 33 heavy (non-hydrogen) atoms. The molecule has 3 amide bonds. The van der Waals surface area contributed by atoms with Crippen LogP contribution in [0.3, 0.4) is 0 Å². The first-order valence-corrected chi connectivity index (χ1v) is 10.2. The largest absolute Gasteiger partial charge is 0.508 e. The highest BCUT2D eigenvalue weighted by molar-refractivity contribution is 7.80. The summed E-state index contributed by atoms with van der Waals surface area (Å²) in [6.45, 7) is -0.955. The zero-order valence-electron chi connectivity index (χ0n) is 17.3. The Kier molecular flexibility index (Phi) is 11.1. The lowest BCUT2D eigenvalue weighted by Crippen LogP contribution is -2.58. The van der Waals surface area contributed by atoms with E-state index in [-0.39, 0.29) is 17.9 Å². The second-order valence-electron chi connectivity index (χ2n) is 6.96. The highest BCUT2D eigenvalue weighted by atomic mass is 32.1. The number of rotatable bonds is 13. The average molecular weight is 487 g/mol. The van der Waals surface area contributed by atoms with Crippen molar-refractivity contribution >= 4 is 42.3 Å². The third-order valence-corrected chi connectivity index (χ3v) is 4.72. The Morgan fingerprint density at radius 2 is 1.39 bits per heavy atom. The molecule has 0 aliphatic heterocycles. The fourth-order valence-electron chi connectivity index (χ4n) is 2.57. The molecule has 0 aromatic heterocycles. The van der Waals surface area contributed by atoms with Crippen molar-refractivity contribution in [1.82, 2.24) is 16.0 Å². The Morgan fingerprint density at radius 1 is 0.879 bits per heavy atom. The maximum atomic E-state index is 12.5. The number of benzene rings is 1. The van der Waals surface area contributed by atoms with E-state index in [2.05, 4.69) is 23.3 Å². The molecule has 0 radical (unpaired) electrons. The standard InChI is InChI=1S/C19H26N4O9S/c20-11(5-9-1-3-10(25)4-2-9)16(28)23-14(8-33)18(30)21-12(6-15(26)27)17(29)22-13(7-24)19(31)32/h1-4,11-14,24-25,33H,5-8,20H2,(H,21,30)(H,22,29)(H,23,28)(H,26,27)(H,31,32). The number of aliphatic hydroxyl groups is 1. The molecule has 0 aliphatic rings. The first kappa shape index (κ1) is 27.7. The maximum absolute atomic E-state index is 12.5. The van der Waals surface area contributed by atoms with Crippen LogP contribution in [0, 0.1) is 0 Å². The maximum Gasteiger partial charge on any atom is 0.328 e. The SMILES string of the molecule is NC(Cc1ccc(O)cc1)C(=O)NC(CS)C(=O)NC(CC(=O)O)C(=O)NC(CO)C(=O)O. The molecule has 0 heterocycles. The van der Waals surface area contributed by atoms with E-state index in [1.807, 2.05) is 5.32 Å². The normalized spacial score (nSPS) is 14.3. The van der Waals surface area contributed by atoms with Crippen LogP contribution in [0.1, 0.15) is 12.0 Å². The van der Waals surface area contributed by atoms with E-state index in [0.29, 0.717) is 5.56 Å². The molecule has 1 aromatic rings. The van der Waals surface area contributed by atoms with Gasteiger partial charge >= 0.3 is 11.9 Å². The van der Waals surface area contributed by atoms with E-state index in [1.165, 1.54) is 12.1 Å². The fourth-order valence-corrected chi connectivity index (χ4v) is 2.82. The van der Waals surface area contributed by atoms with Gasteiger partial charge in [-0.25, -0.2) is 4.79 Å². The zero-order valence-corrected chi connectivity index (χ0v) is 18.2. The van der Waals surface area contributed by atoms with Gasteiger partial charge in [0.25, 0.3) is 0 Å². The van der Waals surface area contributed by atoms with Crippen LogP contribution >= 0.6 is 12.6 Å². The van der Waals surface area contributed by atoms with Gasteiger partial charge in [-0.05, 0) is 24.1 Å². The zero-order chi connectivity index (χ0) is 25.1. The number of aliphatic hydroxyl groups excluding tert-OH is 1. The number of aliphatic carboxylic acids is 2. The smallest absolute Gasteiger partial charge is 0.328 e. The Morgan fingerprint density at radius 3 is 1.88 bits per heavy atom. The summed E-state index contributed by atoms with van der Waals surface area (Å²) in [5.74, 6) is -6.03. The van der Waals surface area contributed by atoms with Crippen molar-refractivity contribution in [2.24, 2.45) is 5.73 Å². The molecule has 0 fully saturated rings. The van der Waals surface area contributed by atoms with Gasteiger partial charge in [0, 0.05) is 5.75 Å². The summed E-state index contributed by atoms with van der Waals surface area (Å²) >= 11 is 3.98. The molecule has 13 nitrogen and oxygen atoms in total. The van der Waals surface area contributed by atoms with Crippen molar-refractivity contribution in [1.29, 1.82) is 0 Å². The van der Waals surface area contributed by atoms with Gasteiger partial charge in [0.15, 0.2) is 0 Å². The van der Waals surface area contributed by atoms with Gasteiger partial charge in [0.1, 0.15) is 23.9 Å². The fraction of sp³-hybridized carbons (Fsp3) is 0.421. The second-order valence-corrected chi connectivity index (χ2v) is 7.33. The van der Waals surface area contributed by atoms with Crippen molar-refractivity contribution in [2.75, 3.05) is 12.4 Å². The molecule has 4 atom stereocenters. The van der Waals surface area contributed by atoms with Crippen molar-refractivity contribution in [3.05, 3.63) is 29.8 Å². The van der Waals surface area contributed by atoms with Crippen LogP contribution in [0.2, 0.25) is 0 Å². The average Bonchev–Trinajstić information content (AvgIpc) is 2.75. The molecule has 0 aliphatic carbocycles. The summed E-state index contributed by atoms with van der Waals surface area (Å²) in [5.41, 5.74) is 6.50. The summed E-state index contributed by atoms with van der Waals surface area (Å²) in [6, 6.07) is 0.228. The van der Waals surface area contributed by atoms with Gasteiger partial charge in [0.2, 0.25) is 17.7 Å². The van der Waals surface area contributed by atoms with Crippen molar-refractivity contribution in [3.8, 4) is 5.75 Å². The summed E-state index contributed by atoms with van der Waals surface area (Å²) in [6.07, 6.45) is -0.794. The minimum Gasteiger partial charge on any atom is -0.508 e. The number of carbonyl (C=O) groups excluding carboxylic acids is 3. The van der Waals surface area contributed by atoms with Crippen molar-refractivity contribution < 1.29 is 44.4 Å². The summed E-state index contributed by atoms with van der Waals surface area (Å²) in [4.78, 5) is 59.2. The molecule has 0 spiro atoms. The monoisotopic (exact) mass is 486 g/mol. The Balaban J connectivity index is 2.81. The first-order valence-electron chi connectivity index (χ1n) is 9.59. The predicted molar refractivity (Wildman–Crippen MR) is 116 cm³/mol. The van der Waals surface area contributed by atoms with Crippen LogP contribution in [-0.2, 0) is 30.4 Å². The molecule has 14 heteroatoms. The van der Waals surface area contributed by atoms with E-state index < -0.39 is 66.9 Å². The number of carboxylic acid groups (broad SMARTS) is 2. The lowest BCUT2D eigenvalue weighted by Gasteiger charge is -2.23. The topological polar surface area (TPSA) is 228 Å². The number of carbonyl (C=O) groups is 5. The molecule has 0 bridgehead atoms. The number of nitrogens with two attached hydrogens (primary N) is 1. The molecule has 0 saturated heterocycles. The molecular formula is C19H26N4O9S. The summed E-state index contributed by atoms with van der Waals surface area (Å²) in [7, 11) is 0. The molecular weight excluding hydrogens is 460 g/mol. The molecule has 1 rings (SSSR count). The van der Waals surface area contributed by atoms with Crippen LogP contribution in [0.4, 0.5) is 0 Å². The number of nitrogens with one attached hydrogen (secondary N) is 3. The van der Waals surface area contributed by atoms with Crippen LogP contribution in [0.25, 0.3) is 0 Å². The van der Waals surface area contributed by atoms with Gasteiger partial charge in [-0.1, -0.05) is 12.1 Å². The third-order valence-electron chi connectivity index (χ3n) is 4.35. The lowest BCUT2D eigenvalue weighted by atomic mass is 10.1. The van der Waals surface area contributed by atoms with Gasteiger partial charge < -0.3 is 42.1 Å². The van der Waals surface area contributed by atoms with Gasteiger partial charge in [-0.15, -0.1) is 0 Å². The molecule has 182 valence electrons. The van der Waals surface area contributed by atoms with E-state index >= 15 is 0 Å². The minimum absolute atomic E-state index is 0.0391. The van der Waals surface area contributed by atoms with Crippen LogP contribution in [-0.4, -0.2) is 86.6 Å².